The minimum absolute atomic E-state index is 0.248. The number of likely N-dealkylation sites (N-methyl/N-ethyl adjacent to an activating group) is 1. The zero-order valence-corrected chi connectivity index (χ0v) is 13.2. The maximum absolute atomic E-state index is 12.5. The average molecular weight is 279 g/mol. The zero-order valence-electron chi connectivity index (χ0n) is 13.2. The Kier molecular flexibility index (Phi) is 5.22. The molecule has 20 heavy (non-hydrogen) atoms. The van der Waals surface area contributed by atoms with E-state index in [4.69, 9.17) is 0 Å². The molecule has 0 unspecified atom stereocenters. The zero-order chi connectivity index (χ0) is 14.6. The second-order valence-electron chi connectivity index (χ2n) is 6.31. The van der Waals surface area contributed by atoms with Crippen LogP contribution in [0.15, 0.2) is 11.8 Å². The lowest BCUT2D eigenvalue weighted by molar-refractivity contribution is -0.130. The molecule has 1 aliphatic carbocycles. The SMILES string of the molecule is CCN(C(=O)CN1CCC(C)(NC)CC1)C1=CCCC1. The Balaban J connectivity index is 1.85. The van der Waals surface area contributed by atoms with Gasteiger partial charge in [0.15, 0.2) is 0 Å². The first kappa shape index (κ1) is 15.5. The van der Waals surface area contributed by atoms with E-state index in [1.807, 2.05) is 11.9 Å². The summed E-state index contributed by atoms with van der Waals surface area (Å²) in [6, 6.07) is 0. The maximum atomic E-state index is 12.5. The van der Waals surface area contributed by atoms with Crippen molar-refractivity contribution < 1.29 is 4.79 Å². The number of rotatable bonds is 5. The number of likely N-dealkylation sites (tertiary alicyclic amines) is 1. The molecule has 0 aromatic heterocycles. The summed E-state index contributed by atoms with van der Waals surface area (Å²) in [6.07, 6.45) is 7.86. The summed E-state index contributed by atoms with van der Waals surface area (Å²) in [5, 5.41) is 3.40. The molecular formula is C16H29N3O. The molecule has 1 amide bonds. The predicted molar refractivity (Wildman–Crippen MR) is 82.5 cm³/mol. The van der Waals surface area contributed by atoms with Crippen molar-refractivity contribution in [3.05, 3.63) is 11.8 Å². The molecule has 0 atom stereocenters. The summed E-state index contributed by atoms with van der Waals surface area (Å²) in [4.78, 5) is 16.8. The Morgan fingerprint density at radius 2 is 2.15 bits per heavy atom. The molecular weight excluding hydrogens is 250 g/mol. The number of allylic oxidation sites excluding steroid dienone is 2. The molecule has 4 nitrogen and oxygen atoms in total. The molecule has 0 bridgehead atoms. The van der Waals surface area contributed by atoms with Gasteiger partial charge in [-0.05, 0) is 53.0 Å². The van der Waals surface area contributed by atoms with E-state index in [0.29, 0.717) is 6.54 Å². The summed E-state index contributed by atoms with van der Waals surface area (Å²) >= 11 is 0. The molecule has 0 aromatic rings. The highest BCUT2D eigenvalue weighted by Crippen LogP contribution is 2.23. The molecule has 1 saturated heterocycles. The second-order valence-corrected chi connectivity index (χ2v) is 6.31. The first-order valence-electron chi connectivity index (χ1n) is 7.98. The molecule has 2 aliphatic rings. The van der Waals surface area contributed by atoms with Crippen LogP contribution < -0.4 is 5.32 Å². The van der Waals surface area contributed by atoms with E-state index in [0.717, 1.165) is 45.3 Å². The third kappa shape index (κ3) is 3.61. The molecule has 0 spiro atoms. The highest BCUT2D eigenvalue weighted by Gasteiger charge is 2.30. The van der Waals surface area contributed by atoms with E-state index in [-0.39, 0.29) is 11.4 Å². The van der Waals surface area contributed by atoms with Crippen LogP contribution in [-0.2, 0) is 4.79 Å². The number of nitrogens with zero attached hydrogens (tertiary/aromatic N) is 2. The van der Waals surface area contributed by atoms with Crippen LogP contribution >= 0.6 is 0 Å². The van der Waals surface area contributed by atoms with Crippen LogP contribution in [0.1, 0.15) is 46.0 Å². The fourth-order valence-electron chi connectivity index (χ4n) is 3.17. The third-order valence-corrected chi connectivity index (χ3v) is 4.90. The van der Waals surface area contributed by atoms with Crippen LogP contribution in [-0.4, -0.2) is 54.5 Å². The van der Waals surface area contributed by atoms with Gasteiger partial charge in [0.1, 0.15) is 0 Å². The molecule has 0 aromatic carbocycles. The smallest absolute Gasteiger partial charge is 0.240 e. The highest BCUT2D eigenvalue weighted by atomic mass is 16.2. The lowest BCUT2D eigenvalue weighted by atomic mass is 9.90. The van der Waals surface area contributed by atoms with E-state index in [1.165, 1.54) is 12.1 Å². The van der Waals surface area contributed by atoms with Gasteiger partial charge in [-0.2, -0.15) is 0 Å². The lowest BCUT2D eigenvalue weighted by Crippen LogP contribution is -2.52. The number of carbonyl (C=O) groups is 1. The number of piperidine rings is 1. The summed E-state index contributed by atoms with van der Waals surface area (Å²) in [5.41, 5.74) is 1.49. The van der Waals surface area contributed by atoms with E-state index in [1.54, 1.807) is 0 Å². The Hall–Kier alpha value is -0.870. The molecule has 1 N–H and O–H groups in total. The summed E-state index contributed by atoms with van der Waals surface area (Å²) in [6.45, 7) is 7.75. The standard InChI is InChI=1S/C16H29N3O/c1-4-19(14-7-5-6-8-14)15(20)13-18-11-9-16(2,17-3)10-12-18/h7,17H,4-6,8-13H2,1-3H3. The number of carbonyl (C=O) groups excluding carboxylic acids is 1. The van der Waals surface area contributed by atoms with Crippen molar-refractivity contribution in [1.29, 1.82) is 0 Å². The monoisotopic (exact) mass is 279 g/mol. The van der Waals surface area contributed by atoms with E-state index < -0.39 is 0 Å². The van der Waals surface area contributed by atoms with Gasteiger partial charge in [-0.3, -0.25) is 9.69 Å². The Bertz CT molecular complexity index is 370. The number of amides is 1. The number of hydrogen-bond donors (Lipinski definition) is 1. The second kappa shape index (κ2) is 6.72. The van der Waals surface area contributed by atoms with Crippen LogP contribution in [0.2, 0.25) is 0 Å². The molecule has 1 heterocycles. The number of hydrogen-bond acceptors (Lipinski definition) is 3. The molecule has 1 aliphatic heterocycles. The Morgan fingerprint density at radius 3 is 2.65 bits per heavy atom. The fraction of sp³-hybridized carbons (Fsp3) is 0.812. The van der Waals surface area contributed by atoms with Gasteiger partial charge in [-0.15, -0.1) is 0 Å². The van der Waals surface area contributed by atoms with Gasteiger partial charge in [0.25, 0.3) is 0 Å². The van der Waals surface area contributed by atoms with Crippen molar-refractivity contribution in [2.75, 3.05) is 33.2 Å². The van der Waals surface area contributed by atoms with Gasteiger partial charge in [0.05, 0.1) is 6.54 Å². The van der Waals surface area contributed by atoms with Crippen molar-refractivity contribution in [2.45, 2.75) is 51.5 Å². The van der Waals surface area contributed by atoms with Crippen molar-refractivity contribution in [3.63, 3.8) is 0 Å². The average Bonchev–Trinajstić information content (AvgIpc) is 2.96. The fourth-order valence-corrected chi connectivity index (χ4v) is 3.17. The van der Waals surface area contributed by atoms with Crippen LogP contribution in [0, 0.1) is 0 Å². The normalized spacial score (nSPS) is 22.6. The van der Waals surface area contributed by atoms with Crippen molar-refractivity contribution in [1.82, 2.24) is 15.1 Å². The molecule has 0 radical (unpaired) electrons. The van der Waals surface area contributed by atoms with Gasteiger partial charge in [-0.1, -0.05) is 6.08 Å². The van der Waals surface area contributed by atoms with E-state index in [9.17, 15) is 4.79 Å². The van der Waals surface area contributed by atoms with Gasteiger partial charge in [-0.25, -0.2) is 0 Å². The molecule has 1 fully saturated rings. The largest absolute Gasteiger partial charge is 0.316 e. The van der Waals surface area contributed by atoms with Crippen LogP contribution in [0.5, 0.6) is 0 Å². The lowest BCUT2D eigenvalue weighted by Gasteiger charge is -2.39. The summed E-state index contributed by atoms with van der Waals surface area (Å²) in [5.74, 6) is 0.272. The van der Waals surface area contributed by atoms with Crippen LogP contribution in [0.25, 0.3) is 0 Å². The quantitative estimate of drug-likeness (QED) is 0.836. The molecule has 2 rings (SSSR count). The Morgan fingerprint density at radius 1 is 1.45 bits per heavy atom. The van der Waals surface area contributed by atoms with Gasteiger partial charge in [0.2, 0.25) is 5.91 Å². The van der Waals surface area contributed by atoms with Gasteiger partial charge in [0, 0.05) is 30.9 Å². The van der Waals surface area contributed by atoms with Crippen molar-refractivity contribution in [2.24, 2.45) is 0 Å². The van der Waals surface area contributed by atoms with Gasteiger partial charge >= 0.3 is 0 Å². The van der Waals surface area contributed by atoms with E-state index >= 15 is 0 Å². The van der Waals surface area contributed by atoms with Crippen molar-refractivity contribution >= 4 is 5.91 Å². The van der Waals surface area contributed by atoms with Gasteiger partial charge < -0.3 is 10.2 Å². The molecule has 0 saturated carbocycles. The molecule has 4 heteroatoms. The first-order valence-corrected chi connectivity index (χ1v) is 7.98. The number of nitrogens with one attached hydrogen (secondary N) is 1. The minimum Gasteiger partial charge on any atom is -0.316 e. The third-order valence-electron chi connectivity index (χ3n) is 4.90. The summed E-state index contributed by atoms with van der Waals surface area (Å²) in [7, 11) is 2.03. The summed E-state index contributed by atoms with van der Waals surface area (Å²) < 4.78 is 0. The van der Waals surface area contributed by atoms with E-state index in [2.05, 4.69) is 30.1 Å². The first-order chi connectivity index (χ1) is 9.58. The maximum Gasteiger partial charge on any atom is 0.240 e. The molecule has 114 valence electrons. The Labute approximate surface area is 123 Å². The van der Waals surface area contributed by atoms with Crippen molar-refractivity contribution in [3.8, 4) is 0 Å². The predicted octanol–water partition coefficient (Wildman–Crippen LogP) is 1.98. The van der Waals surface area contributed by atoms with Crippen LogP contribution in [0.3, 0.4) is 0 Å². The minimum atomic E-state index is 0.248. The topological polar surface area (TPSA) is 35.6 Å². The highest BCUT2D eigenvalue weighted by molar-refractivity contribution is 5.80. The van der Waals surface area contributed by atoms with Crippen LogP contribution in [0.4, 0.5) is 0 Å².